The smallest absolute Gasteiger partial charge is 0.222 e. The third kappa shape index (κ3) is 3.03. The van der Waals surface area contributed by atoms with Crippen LogP contribution in [0.4, 0.5) is 0 Å². The van der Waals surface area contributed by atoms with Crippen LogP contribution in [-0.4, -0.2) is 16.2 Å². The minimum Gasteiger partial charge on any atom is -0.264 e. The Bertz CT molecular complexity index is 302. The second-order valence-electron chi connectivity index (χ2n) is 3.16. The first kappa shape index (κ1) is 11.0. The normalized spacial score (nSPS) is 14.7. The summed E-state index contributed by atoms with van der Waals surface area (Å²) in [4.78, 5) is 11.4. The fraction of sp³-hybridized carbons (Fsp3) is 0.400. The van der Waals surface area contributed by atoms with Gasteiger partial charge in [0.05, 0.1) is 5.25 Å². The molecule has 1 aromatic carbocycles. The molecule has 3 nitrogen and oxygen atoms in total. The predicted octanol–water partition coefficient (Wildman–Crippen LogP) is 2.83. The van der Waals surface area contributed by atoms with E-state index in [2.05, 4.69) is 0 Å². The van der Waals surface area contributed by atoms with Gasteiger partial charge in [-0.15, -0.1) is 11.8 Å². The van der Waals surface area contributed by atoms with Gasteiger partial charge in [0.25, 0.3) is 0 Å². The van der Waals surface area contributed by atoms with E-state index in [0.29, 0.717) is 0 Å². The van der Waals surface area contributed by atoms with E-state index in [1.54, 1.807) is 6.92 Å². The number of hydrogen-bond donors (Lipinski definition) is 0. The van der Waals surface area contributed by atoms with Crippen LogP contribution in [0.15, 0.2) is 35.2 Å². The second-order valence-corrected chi connectivity index (χ2v) is 4.61. The number of nitro groups is 1. The van der Waals surface area contributed by atoms with Gasteiger partial charge in [0.2, 0.25) is 6.04 Å². The van der Waals surface area contributed by atoms with Gasteiger partial charge in [0.1, 0.15) is 0 Å². The van der Waals surface area contributed by atoms with Gasteiger partial charge in [-0.1, -0.05) is 18.2 Å². The van der Waals surface area contributed by atoms with Crippen molar-refractivity contribution in [2.45, 2.75) is 30.0 Å². The van der Waals surface area contributed by atoms with Crippen LogP contribution >= 0.6 is 11.8 Å². The van der Waals surface area contributed by atoms with Crippen LogP contribution in [0.5, 0.6) is 0 Å². The van der Waals surface area contributed by atoms with E-state index in [-0.39, 0.29) is 10.2 Å². The van der Waals surface area contributed by atoms with Crippen molar-refractivity contribution in [2.24, 2.45) is 0 Å². The van der Waals surface area contributed by atoms with E-state index < -0.39 is 6.04 Å². The molecular weight excluding hydrogens is 198 g/mol. The lowest BCUT2D eigenvalue weighted by Gasteiger charge is -2.12. The minimum absolute atomic E-state index is 0.00704. The van der Waals surface area contributed by atoms with Gasteiger partial charge >= 0.3 is 0 Å². The third-order valence-corrected chi connectivity index (χ3v) is 3.39. The third-order valence-electron chi connectivity index (χ3n) is 2.08. The molecule has 2 atom stereocenters. The molecule has 0 aliphatic rings. The predicted molar refractivity (Wildman–Crippen MR) is 58.2 cm³/mol. The maximum absolute atomic E-state index is 10.5. The van der Waals surface area contributed by atoms with Crippen LogP contribution in [0, 0.1) is 10.1 Å². The Kier molecular flexibility index (Phi) is 3.95. The summed E-state index contributed by atoms with van der Waals surface area (Å²) in [7, 11) is 0. The molecule has 14 heavy (non-hydrogen) atoms. The molecule has 0 aliphatic heterocycles. The van der Waals surface area contributed by atoms with Crippen molar-refractivity contribution in [2.75, 3.05) is 0 Å². The molecule has 0 amide bonds. The molecule has 0 spiro atoms. The molecule has 1 rings (SSSR count). The maximum Gasteiger partial charge on any atom is 0.222 e. The van der Waals surface area contributed by atoms with Crippen molar-refractivity contribution < 1.29 is 4.92 Å². The van der Waals surface area contributed by atoms with Crippen LogP contribution in [-0.2, 0) is 0 Å². The summed E-state index contributed by atoms with van der Waals surface area (Å²) in [6.07, 6.45) is 0. The van der Waals surface area contributed by atoms with E-state index >= 15 is 0 Å². The summed E-state index contributed by atoms with van der Waals surface area (Å²) in [5.74, 6) is 0. The molecule has 2 unspecified atom stereocenters. The van der Waals surface area contributed by atoms with Gasteiger partial charge in [0, 0.05) is 16.7 Å². The molecule has 0 heterocycles. The molecular formula is C10H13NO2S. The first-order chi connectivity index (χ1) is 6.61. The first-order valence-corrected chi connectivity index (χ1v) is 5.34. The van der Waals surface area contributed by atoms with Crippen LogP contribution in [0.25, 0.3) is 0 Å². The van der Waals surface area contributed by atoms with E-state index in [9.17, 15) is 10.1 Å². The fourth-order valence-electron chi connectivity index (χ4n) is 0.984. The highest BCUT2D eigenvalue weighted by Gasteiger charge is 2.22. The van der Waals surface area contributed by atoms with Gasteiger partial charge in [-0.3, -0.25) is 10.1 Å². The molecule has 0 aliphatic carbocycles. The summed E-state index contributed by atoms with van der Waals surface area (Å²) >= 11 is 1.54. The van der Waals surface area contributed by atoms with Gasteiger partial charge in [-0.05, 0) is 19.1 Å². The van der Waals surface area contributed by atoms with Crippen LogP contribution in [0.1, 0.15) is 13.8 Å². The van der Waals surface area contributed by atoms with Gasteiger partial charge in [-0.25, -0.2) is 0 Å². The van der Waals surface area contributed by atoms with Gasteiger partial charge < -0.3 is 0 Å². The van der Waals surface area contributed by atoms with E-state index in [4.69, 9.17) is 0 Å². The lowest BCUT2D eigenvalue weighted by Crippen LogP contribution is -2.25. The quantitative estimate of drug-likeness (QED) is 0.437. The SMILES string of the molecule is CC(Sc1ccccc1)C(C)[N+](=O)[O-]. The zero-order chi connectivity index (χ0) is 10.6. The highest BCUT2D eigenvalue weighted by Crippen LogP contribution is 2.25. The van der Waals surface area contributed by atoms with Crippen molar-refractivity contribution >= 4 is 11.8 Å². The van der Waals surface area contributed by atoms with Gasteiger partial charge in [-0.2, -0.15) is 0 Å². The highest BCUT2D eigenvalue weighted by atomic mass is 32.2. The van der Waals surface area contributed by atoms with Crippen LogP contribution < -0.4 is 0 Å². The highest BCUT2D eigenvalue weighted by molar-refractivity contribution is 8.00. The summed E-state index contributed by atoms with van der Waals surface area (Å²) in [6.45, 7) is 3.52. The van der Waals surface area contributed by atoms with Crippen molar-refractivity contribution in [1.82, 2.24) is 0 Å². The first-order valence-electron chi connectivity index (χ1n) is 4.46. The fourth-order valence-corrected chi connectivity index (χ4v) is 2.02. The van der Waals surface area contributed by atoms with Crippen LogP contribution in [0.3, 0.4) is 0 Å². The topological polar surface area (TPSA) is 43.1 Å². The molecule has 0 aromatic heterocycles. The average Bonchev–Trinajstić information content (AvgIpc) is 2.18. The van der Waals surface area contributed by atoms with Crippen molar-refractivity contribution in [1.29, 1.82) is 0 Å². The maximum atomic E-state index is 10.5. The van der Waals surface area contributed by atoms with Gasteiger partial charge in [0.15, 0.2) is 0 Å². The Morgan fingerprint density at radius 1 is 1.29 bits per heavy atom. The second kappa shape index (κ2) is 5.00. The summed E-state index contributed by atoms with van der Waals surface area (Å²) in [6, 6.07) is 9.23. The molecule has 0 N–H and O–H groups in total. The minimum atomic E-state index is -0.514. The molecule has 0 saturated carbocycles. The lowest BCUT2D eigenvalue weighted by atomic mass is 10.3. The van der Waals surface area contributed by atoms with Crippen molar-refractivity contribution in [3.8, 4) is 0 Å². The Morgan fingerprint density at radius 2 is 1.86 bits per heavy atom. The standard InChI is InChI=1S/C10H13NO2S/c1-8(11(12)13)9(2)14-10-6-4-3-5-7-10/h3-9H,1-2H3. The summed E-state index contributed by atoms with van der Waals surface area (Å²) in [5, 5.41) is 10.5. The molecule has 0 bridgehead atoms. The zero-order valence-electron chi connectivity index (χ0n) is 8.21. The summed E-state index contributed by atoms with van der Waals surface area (Å²) in [5.41, 5.74) is 0. The Morgan fingerprint density at radius 3 is 2.36 bits per heavy atom. The molecule has 0 radical (unpaired) electrons. The Balaban J connectivity index is 2.57. The molecule has 0 fully saturated rings. The van der Waals surface area contributed by atoms with Crippen LogP contribution in [0.2, 0.25) is 0 Å². The number of nitrogens with zero attached hydrogens (tertiary/aromatic N) is 1. The molecule has 1 aromatic rings. The Labute approximate surface area is 87.7 Å². The number of rotatable bonds is 4. The van der Waals surface area contributed by atoms with Crippen molar-refractivity contribution in [3.63, 3.8) is 0 Å². The average molecular weight is 211 g/mol. The molecule has 76 valence electrons. The molecule has 0 saturated heterocycles. The monoisotopic (exact) mass is 211 g/mol. The number of hydrogen-bond acceptors (Lipinski definition) is 3. The van der Waals surface area contributed by atoms with Crippen molar-refractivity contribution in [3.05, 3.63) is 40.4 Å². The summed E-state index contributed by atoms with van der Waals surface area (Å²) < 4.78 is 0. The zero-order valence-corrected chi connectivity index (χ0v) is 9.03. The largest absolute Gasteiger partial charge is 0.264 e. The number of thioether (sulfide) groups is 1. The lowest BCUT2D eigenvalue weighted by molar-refractivity contribution is -0.516. The Hall–Kier alpha value is -1.03. The molecule has 4 heteroatoms. The van der Waals surface area contributed by atoms with E-state index in [1.807, 2.05) is 37.3 Å². The van der Waals surface area contributed by atoms with E-state index in [1.165, 1.54) is 11.8 Å². The van der Waals surface area contributed by atoms with E-state index in [0.717, 1.165) is 4.90 Å². The number of benzene rings is 1.